The van der Waals surface area contributed by atoms with Crippen molar-refractivity contribution in [2.24, 2.45) is 10.1 Å². The Hall–Kier alpha value is -2.12. The summed E-state index contributed by atoms with van der Waals surface area (Å²) >= 11 is 6.83. The van der Waals surface area contributed by atoms with Crippen LogP contribution in [0.3, 0.4) is 0 Å². The number of fused-ring (bicyclic) bond motifs is 2. The first-order chi connectivity index (χ1) is 12.2. The lowest BCUT2D eigenvalue weighted by Gasteiger charge is -2.04. The first kappa shape index (κ1) is 16.4. The summed E-state index contributed by atoms with van der Waals surface area (Å²) in [5.74, 6) is 0.0571. The van der Waals surface area contributed by atoms with Gasteiger partial charge < -0.3 is 14.9 Å². The topological polar surface area (TPSA) is 70.0 Å². The van der Waals surface area contributed by atoms with Gasteiger partial charge in [-0.3, -0.25) is 0 Å². The van der Waals surface area contributed by atoms with Crippen molar-refractivity contribution in [1.82, 2.24) is 4.98 Å². The van der Waals surface area contributed by atoms with E-state index in [1.54, 1.807) is 0 Å². The number of halogens is 2. The van der Waals surface area contributed by atoms with Gasteiger partial charge in [-0.25, -0.2) is 4.99 Å². The molecule has 0 atom stereocenters. The minimum absolute atomic E-state index is 0.0571. The normalized spacial score (nSPS) is 14.8. The molecule has 0 bridgehead atoms. The number of nitrogens with one attached hydrogen (secondary N) is 1. The van der Waals surface area contributed by atoms with Crippen LogP contribution in [0.4, 0.5) is 5.69 Å². The van der Waals surface area contributed by atoms with Gasteiger partial charge in [0.1, 0.15) is 18.0 Å². The number of rotatable bonds is 4. The zero-order valence-electron chi connectivity index (χ0n) is 13.0. The average molecular weight is 463 g/mol. The van der Waals surface area contributed by atoms with Gasteiger partial charge in [0.05, 0.1) is 16.8 Å². The molecule has 25 heavy (non-hydrogen) atoms. The highest BCUT2D eigenvalue weighted by Gasteiger charge is 2.29. The summed E-state index contributed by atoms with van der Waals surface area (Å²) in [6.45, 7) is 0.449. The number of oxime groups is 1. The molecule has 7 heteroatoms. The van der Waals surface area contributed by atoms with Crippen LogP contribution in [0.1, 0.15) is 11.1 Å². The fourth-order valence-corrected chi connectivity index (χ4v) is 3.50. The van der Waals surface area contributed by atoms with Crippen LogP contribution in [0.2, 0.25) is 0 Å². The molecule has 0 amide bonds. The summed E-state index contributed by atoms with van der Waals surface area (Å²) in [5.41, 5.74) is 4.34. The Morgan fingerprint density at radius 3 is 2.84 bits per heavy atom. The highest BCUT2D eigenvalue weighted by atomic mass is 79.9. The number of benzene rings is 2. The van der Waals surface area contributed by atoms with Crippen molar-refractivity contribution in [1.29, 1.82) is 0 Å². The molecule has 0 unspecified atom stereocenters. The minimum Gasteiger partial charge on any atom is -0.494 e. The molecule has 0 fully saturated rings. The molecule has 1 aromatic heterocycles. The molecular weight excluding hydrogens is 450 g/mol. The van der Waals surface area contributed by atoms with Crippen molar-refractivity contribution < 1.29 is 9.94 Å². The second kappa shape index (κ2) is 6.65. The smallest absolute Gasteiger partial charge is 0.199 e. The molecule has 4 rings (SSSR count). The Bertz CT molecular complexity index is 1020. The van der Waals surface area contributed by atoms with E-state index in [2.05, 4.69) is 42.0 Å². The Balaban J connectivity index is 1.91. The zero-order valence-corrected chi connectivity index (χ0v) is 16.1. The predicted molar refractivity (Wildman–Crippen MR) is 107 cm³/mol. The summed E-state index contributed by atoms with van der Waals surface area (Å²) in [6, 6.07) is 13.5. The van der Waals surface area contributed by atoms with Crippen LogP contribution in [0, 0.1) is 0 Å². The zero-order chi connectivity index (χ0) is 17.4. The van der Waals surface area contributed by atoms with E-state index >= 15 is 0 Å². The van der Waals surface area contributed by atoms with Gasteiger partial charge in [0.25, 0.3) is 0 Å². The van der Waals surface area contributed by atoms with Gasteiger partial charge in [-0.1, -0.05) is 51.4 Å². The van der Waals surface area contributed by atoms with Crippen molar-refractivity contribution in [3.63, 3.8) is 0 Å². The Morgan fingerprint density at radius 2 is 2.00 bits per heavy atom. The van der Waals surface area contributed by atoms with Gasteiger partial charge in [0.2, 0.25) is 0 Å². The standard InChI is InChI=1S/C18H13Br2N3O2/c19-8-9-25-23-16-10-4-1-2-7-13(10)21-17(16)14-11-5-3-6-12(20)15(11)22-18(14)24/h1-7,22,24H,8-9H2/b23-16+. The largest absolute Gasteiger partial charge is 0.494 e. The Morgan fingerprint density at radius 1 is 1.16 bits per heavy atom. The molecule has 2 N–H and O–H groups in total. The lowest BCUT2D eigenvalue weighted by atomic mass is 10.0. The molecule has 2 heterocycles. The van der Waals surface area contributed by atoms with Gasteiger partial charge in [-0.15, -0.1) is 0 Å². The molecular formula is C18H13Br2N3O2. The van der Waals surface area contributed by atoms with Crippen molar-refractivity contribution in [2.45, 2.75) is 0 Å². The lowest BCUT2D eigenvalue weighted by Crippen LogP contribution is -2.13. The molecule has 0 saturated heterocycles. The van der Waals surface area contributed by atoms with Crippen LogP contribution >= 0.6 is 31.9 Å². The number of nitrogens with zero attached hydrogens (tertiary/aromatic N) is 2. The van der Waals surface area contributed by atoms with E-state index in [0.29, 0.717) is 28.9 Å². The third-order valence-corrected chi connectivity index (χ3v) is 4.92. The van der Waals surface area contributed by atoms with E-state index in [1.165, 1.54) is 0 Å². The number of H-pyrrole nitrogens is 1. The Labute approximate surface area is 160 Å². The number of hydrogen-bond donors (Lipinski definition) is 2. The average Bonchev–Trinajstić information content (AvgIpc) is 3.13. The van der Waals surface area contributed by atoms with Crippen LogP contribution < -0.4 is 0 Å². The molecule has 0 spiro atoms. The number of alkyl halides is 1. The monoisotopic (exact) mass is 461 g/mol. The maximum Gasteiger partial charge on any atom is 0.199 e. The van der Waals surface area contributed by atoms with E-state index in [-0.39, 0.29) is 5.88 Å². The van der Waals surface area contributed by atoms with E-state index < -0.39 is 0 Å². The highest BCUT2D eigenvalue weighted by Crippen LogP contribution is 2.37. The van der Waals surface area contributed by atoms with Crippen LogP contribution in [0.25, 0.3) is 10.9 Å². The van der Waals surface area contributed by atoms with E-state index in [1.807, 2.05) is 42.5 Å². The summed E-state index contributed by atoms with van der Waals surface area (Å²) in [4.78, 5) is 13.1. The molecule has 126 valence electrons. The molecule has 0 aliphatic carbocycles. The minimum atomic E-state index is 0.0571. The van der Waals surface area contributed by atoms with Crippen molar-refractivity contribution in [3.05, 3.63) is 58.1 Å². The summed E-state index contributed by atoms with van der Waals surface area (Å²) < 4.78 is 0.872. The second-order valence-corrected chi connectivity index (χ2v) is 7.10. The molecule has 3 aromatic rings. The van der Waals surface area contributed by atoms with Gasteiger partial charge in [0.15, 0.2) is 5.88 Å². The third-order valence-electron chi connectivity index (χ3n) is 3.94. The maximum absolute atomic E-state index is 10.5. The number of aromatic amines is 1. The van der Waals surface area contributed by atoms with Gasteiger partial charge in [0, 0.05) is 20.8 Å². The predicted octanol–water partition coefficient (Wildman–Crippen LogP) is 4.89. The number of hydrogen-bond acceptors (Lipinski definition) is 4. The molecule has 0 radical (unpaired) electrons. The molecule has 0 saturated carbocycles. The highest BCUT2D eigenvalue weighted by molar-refractivity contribution is 9.10. The Kier molecular flexibility index (Phi) is 4.35. The second-order valence-electron chi connectivity index (χ2n) is 5.45. The fourth-order valence-electron chi connectivity index (χ4n) is 2.89. The number of aromatic hydroxyl groups is 1. The van der Waals surface area contributed by atoms with Crippen molar-refractivity contribution in [2.75, 3.05) is 11.9 Å². The van der Waals surface area contributed by atoms with Crippen LogP contribution in [0.15, 0.2) is 57.1 Å². The van der Waals surface area contributed by atoms with Crippen LogP contribution in [0.5, 0.6) is 5.88 Å². The summed E-state index contributed by atoms with van der Waals surface area (Å²) in [5, 5.41) is 16.4. The van der Waals surface area contributed by atoms with Crippen LogP contribution in [-0.4, -0.2) is 33.5 Å². The number of aromatic nitrogens is 1. The van der Waals surface area contributed by atoms with E-state index in [0.717, 1.165) is 26.6 Å². The quantitative estimate of drug-likeness (QED) is 0.329. The SMILES string of the molecule is Oc1[nH]c2c(Br)cccc2c1C1=Nc2ccccc2/C1=N\OCCBr. The molecule has 1 aliphatic heterocycles. The first-order valence-corrected chi connectivity index (χ1v) is 9.56. The third kappa shape index (κ3) is 2.77. The number of aliphatic imine (C=N–C) groups is 1. The van der Waals surface area contributed by atoms with Crippen molar-refractivity contribution >= 4 is 59.9 Å². The van der Waals surface area contributed by atoms with Gasteiger partial charge >= 0.3 is 0 Å². The lowest BCUT2D eigenvalue weighted by molar-refractivity contribution is 0.163. The maximum atomic E-state index is 10.5. The first-order valence-electron chi connectivity index (χ1n) is 7.64. The van der Waals surface area contributed by atoms with E-state index in [9.17, 15) is 5.11 Å². The molecule has 2 aromatic carbocycles. The number of para-hydroxylation sites is 2. The molecule has 5 nitrogen and oxygen atoms in total. The van der Waals surface area contributed by atoms with E-state index in [4.69, 9.17) is 9.83 Å². The molecule has 1 aliphatic rings. The summed E-state index contributed by atoms with van der Waals surface area (Å²) in [7, 11) is 0. The fraction of sp³-hybridized carbons (Fsp3) is 0.111. The van der Waals surface area contributed by atoms with Gasteiger partial charge in [-0.05, 0) is 28.1 Å². The summed E-state index contributed by atoms with van der Waals surface area (Å²) in [6.07, 6.45) is 0. The van der Waals surface area contributed by atoms with Crippen LogP contribution in [-0.2, 0) is 4.84 Å². The van der Waals surface area contributed by atoms with Gasteiger partial charge in [-0.2, -0.15) is 0 Å². The van der Waals surface area contributed by atoms with Crippen molar-refractivity contribution in [3.8, 4) is 5.88 Å².